The van der Waals surface area contributed by atoms with E-state index in [0.29, 0.717) is 19.6 Å². The number of carbonyl (C=O) groups excluding carboxylic acids is 2. The number of hydrogen-bond donors (Lipinski definition) is 0. The zero-order chi connectivity index (χ0) is 17.4. The van der Waals surface area contributed by atoms with Crippen LogP contribution < -0.4 is 4.90 Å². The molecule has 1 aromatic rings. The molecule has 128 valence electrons. The molecule has 0 aliphatic carbocycles. The zero-order valence-corrected chi connectivity index (χ0v) is 15.0. The number of rotatable bonds is 8. The summed E-state index contributed by atoms with van der Waals surface area (Å²) >= 11 is 0. The lowest BCUT2D eigenvalue weighted by atomic mass is 10.2. The summed E-state index contributed by atoms with van der Waals surface area (Å²) in [6.45, 7) is 9.97. The van der Waals surface area contributed by atoms with Crippen molar-refractivity contribution in [2.24, 2.45) is 0 Å². The number of anilines is 1. The fraction of sp³-hybridized carbons (Fsp3) is 0.556. The smallest absolute Gasteiger partial charge is 0.244 e. The molecule has 2 amide bonds. The van der Waals surface area contributed by atoms with E-state index >= 15 is 0 Å². The van der Waals surface area contributed by atoms with E-state index in [-0.39, 0.29) is 24.4 Å². The molecule has 0 aliphatic heterocycles. The summed E-state index contributed by atoms with van der Waals surface area (Å²) in [7, 11) is 1.82. The largest absolute Gasteiger partial charge is 0.342 e. The number of hydrogen-bond acceptors (Lipinski definition) is 3. The average Bonchev–Trinajstić information content (AvgIpc) is 2.56. The predicted molar refractivity (Wildman–Crippen MR) is 94.5 cm³/mol. The number of nitrogens with zero attached hydrogens (tertiary/aromatic N) is 3. The van der Waals surface area contributed by atoms with Gasteiger partial charge in [-0.3, -0.25) is 14.5 Å². The molecule has 1 atom stereocenters. The van der Waals surface area contributed by atoms with E-state index in [1.54, 1.807) is 9.80 Å². The van der Waals surface area contributed by atoms with Crippen LogP contribution in [-0.2, 0) is 9.59 Å². The zero-order valence-electron chi connectivity index (χ0n) is 15.0. The van der Waals surface area contributed by atoms with Gasteiger partial charge in [-0.15, -0.1) is 0 Å². The molecule has 0 heterocycles. The molecule has 0 N–H and O–H groups in total. The second-order valence-corrected chi connectivity index (χ2v) is 5.58. The van der Waals surface area contributed by atoms with Gasteiger partial charge in [-0.2, -0.15) is 0 Å². The first kappa shape index (κ1) is 19.2. The maximum Gasteiger partial charge on any atom is 0.244 e. The standard InChI is InChI=1S/C18H29N3O2/c1-6-20(7-2)17(22)14-19(5)15(4)18(23)21(8-3)16-12-10-9-11-13-16/h9-13,15H,6-8,14H2,1-5H3. The Morgan fingerprint density at radius 1 is 1.00 bits per heavy atom. The van der Waals surface area contributed by atoms with Crippen molar-refractivity contribution in [3.63, 3.8) is 0 Å². The van der Waals surface area contributed by atoms with Crippen molar-refractivity contribution < 1.29 is 9.59 Å². The van der Waals surface area contributed by atoms with Crippen LogP contribution in [0.25, 0.3) is 0 Å². The van der Waals surface area contributed by atoms with Gasteiger partial charge in [0.1, 0.15) is 0 Å². The normalized spacial score (nSPS) is 12.1. The second kappa shape index (κ2) is 9.30. The Bertz CT molecular complexity index is 500. The Labute approximate surface area is 139 Å². The minimum atomic E-state index is -0.352. The van der Waals surface area contributed by atoms with Crippen molar-refractivity contribution in [3.05, 3.63) is 30.3 Å². The molecule has 1 rings (SSSR count). The average molecular weight is 319 g/mol. The third-order valence-corrected chi connectivity index (χ3v) is 4.17. The highest BCUT2D eigenvalue weighted by Crippen LogP contribution is 2.15. The summed E-state index contributed by atoms with van der Waals surface area (Å²) in [5.74, 6) is 0.0634. The summed E-state index contributed by atoms with van der Waals surface area (Å²) in [6, 6.07) is 9.27. The fourth-order valence-corrected chi connectivity index (χ4v) is 2.51. The quantitative estimate of drug-likeness (QED) is 0.738. The van der Waals surface area contributed by atoms with E-state index in [1.165, 1.54) is 0 Å². The van der Waals surface area contributed by atoms with Gasteiger partial charge in [0.05, 0.1) is 12.6 Å². The molecular formula is C18H29N3O2. The molecule has 1 unspecified atom stereocenters. The van der Waals surface area contributed by atoms with Crippen molar-refractivity contribution in [2.45, 2.75) is 33.7 Å². The Balaban J connectivity index is 2.76. The minimum absolute atomic E-state index is 0.00791. The highest BCUT2D eigenvalue weighted by atomic mass is 16.2. The predicted octanol–water partition coefficient (Wildman–Crippen LogP) is 2.23. The van der Waals surface area contributed by atoms with Gasteiger partial charge in [0, 0.05) is 25.3 Å². The molecule has 0 radical (unpaired) electrons. The van der Waals surface area contributed by atoms with Crippen LogP contribution in [0.4, 0.5) is 5.69 Å². The molecule has 5 nitrogen and oxygen atoms in total. The second-order valence-electron chi connectivity index (χ2n) is 5.58. The van der Waals surface area contributed by atoms with Crippen LogP contribution in [0, 0.1) is 0 Å². The topological polar surface area (TPSA) is 43.9 Å². The molecule has 0 saturated heterocycles. The van der Waals surface area contributed by atoms with E-state index in [0.717, 1.165) is 5.69 Å². The number of carbonyl (C=O) groups is 2. The molecule has 1 aromatic carbocycles. The molecule has 0 spiro atoms. The third kappa shape index (κ3) is 5.06. The van der Waals surface area contributed by atoms with Crippen LogP contribution in [0.5, 0.6) is 0 Å². The van der Waals surface area contributed by atoms with Gasteiger partial charge in [0.2, 0.25) is 11.8 Å². The Morgan fingerprint density at radius 3 is 2.04 bits per heavy atom. The minimum Gasteiger partial charge on any atom is -0.342 e. The van der Waals surface area contributed by atoms with Crippen LogP contribution in [-0.4, -0.2) is 60.9 Å². The number of amides is 2. The first-order valence-corrected chi connectivity index (χ1v) is 8.30. The molecule has 0 saturated carbocycles. The van der Waals surface area contributed by atoms with Crippen molar-refractivity contribution in [1.29, 1.82) is 0 Å². The lowest BCUT2D eigenvalue weighted by Gasteiger charge is -2.31. The lowest BCUT2D eigenvalue weighted by molar-refractivity contribution is -0.133. The summed E-state index contributed by atoms with van der Waals surface area (Å²) in [4.78, 5) is 30.3. The van der Waals surface area contributed by atoms with E-state index < -0.39 is 0 Å². The van der Waals surface area contributed by atoms with Crippen molar-refractivity contribution in [2.75, 3.05) is 38.1 Å². The highest BCUT2D eigenvalue weighted by molar-refractivity contribution is 5.97. The van der Waals surface area contributed by atoms with Crippen LogP contribution in [0.3, 0.4) is 0 Å². The van der Waals surface area contributed by atoms with Gasteiger partial charge in [0.15, 0.2) is 0 Å². The molecule has 0 aliphatic rings. The van der Waals surface area contributed by atoms with Gasteiger partial charge in [-0.05, 0) is 46.9 Å². The molecule has 0 fully saturated rings. The first-order valence-electron chi connectivity index (χ1n) is 8.30. The molecule has 0 aromatic heterocycles. The van der Waals surface area contributed by atoms with Gasteiger partial charge in [-0.1, -0.05) is 18.2 Å². The van der Waals surface area contributed by atoms with Crippen LogP contribution in [0.15, 0.2) is 30.3 Å². The van der Waals surface area contributed by atoms with E-state index in [2.05, 4.69) is 0 Å². The number of benzene rings is 1. The number of likely N-dealkylation sites (N-methyl/N-ethyl adjacent to an activating group) is 3. The maximum absolute atomic E-state index is 12.8. The Morgan fingerprint density at radius 2 is 1.57 bits per heavy atom. The summed E-state index contributed by atoms with van der Waals surface area (Å²) in [5, 5.41) is 0. The van der Waals surface area contributed by atoms with Gasteiger partial charge in [-0.25, -0.2) is 0 Å². The van der Waals surface area contributed by atoms with Gasteiger partial charge >= 0.3 is 0 Å². The Kier molecular flexibility index (Phi) is 7.75. The molecule has 0 bridgehead atoms. The maximum atomic E-state index is 12.8. The lowest BCUT2D eigenvalue weighted by Crippen LogP contribution is -2.49. The SMILES string of the molecule is CCN(CC)C(=O)CN(C)C(C)C(=O)N(CC)c1ccccc1. The van der Waals surface area contributed by atoms with Gasteiger partial charge in [0.25, 0.3) is 0 Å². The van der Waals surface area contributed by atoms with Crippen LogP contribution in [0.1, 0.15) is 27.7 Å². The van der Waals surface area contributed by atoms with Gasteiger partial charge < -0.3 is 9.80 Å². The van der Waals surface area contributed by atoms with E-state index in [1.807, 2.05) is 70.0 Å². The summed E-state index contributed by atoms with van der Waals surface area (Å²) < 4.78 is 0. The molecule has 23 heavy (non-hydrogen) atoms. The highest BCUT2D eigenvalue weighted by Gasteiger charge is 2.26. The number of para-hydroxylation sites is 1. The monoisotopic (exact) mass is 319 g/mol. The third-order valence-electron chi connectivity index (χ3n) is 4.17. The summed E-state index contributed by atoms with van der Waals surface area (Å²) in [5.41, 5.74) is 0.885. The van der Waals surface area contributed by atoms with E-state index in [9.17, 15) is 9.59 Å². The Hall–Kier alpha value is -1.88. The van der Waals surface area contributed by atoms with Crippen molar-refractivity contribution >= 4 is 17.5 Å². The molecular weight excluding hydrogens is 290 g/mol. The first-order chi connectivity index (χ1) is 11.0. The van der Waals surface area contributed by atoms with Crippen molar-refractivity contribution in [3.8, 4) is 0 Å². The van der Waals surface area contributed by atoms with E-state index in [4.69, 9.17) is 0 Å². The van der Waals surface area contributed by atoms with Crippen LogP contribution in [0.2, 0.25) is 0 Å². The fourth-order valence-electron chi connectivity index (χ4n) is 2.51. The van der Waals surface area contributed by atoms with Crippen LogP contribution >= 0.6 is 0 Å². The van der Waals surface area contributed by atoms with Crippen molar-refractivity contribution in [1.82, 2.24) is 9.80 Å². The summed E-state index contributed by atoms with van der Waals surface area (Å²) in [6.07, 6.45) is 0. The molecule has 5 heteroatoms.